The van der Waals surface area contributed by atoms with Gasteiger partial charge in [-0.05, 0) is 38.2 Å². The maximum Gasteiger partial charge on any atom is 0.341 e. The van der Waals surface area contributed by atoms with Crippen molar-refractivity contribution < 1.29 is 19.1 Å². The summed E-state index contributed by atoms with van der Waals surface area (Å²) in [4.78, 5) is 29.0. The summed E-state index contributed by atoms with van der Waals surface area (Å²) in [5, 5.41) is 2.89. The Labute approximate surface area is 217 Å². The number of amides is 2. The monoisotopic (exact) mass is 496 g/mol. The molecule has 1 aliphatic heterocycles. The maximum atomic E-state index is 12.7. The molecule has 1 aromatic carbocycles. The summed E-state index contributed by atoms with van der Waals surface area (Å²) in [5.74, 6) is -0.134. The topological polar surface area (TPSA) is 77.0 Å². The Bertz CT molecular complexity index is 922. The van der Waals surface area contributed by atoms with Crippen molar-refractivity contribution in [2.45, 2.75) is 90.5 Å². The Balaban J connectivity index is 2.38. The van der Waals surface area contributed by atoms with Crippen LogP contribution in [0.2, 0.25) is 0 Å². The van der Waals surface area contributed by atoms with Crippen molar-refractivity contribution >= 4 is 17.7 Å². The van der Waals surface area contributed by atoms with Crippen LogP contribution in [0.4, 0.5) is 4.79 Å². The number of para-hydroxylation sites is 1. The van der Waals surface area contributed by atoms with E-state index in [9.17, 15) is 9.59 Å². The summed E-state index contributed by atoms with van der Waals surface area (Å²) in [6.45, 7) is 10.2. The number of nitrogens with zero attached hydrogens (tertiary/aromatic N) is 1. The van der Waals surface area contributed by atoms with Crippen LogP contribution in [-0.2, 0) is 9.53 Å². The number of hydrogen-bond donors (Lipinski definition) is 1. The number of methoxy groups -OCH3 is 1. The fourth-order valence-electron chi connectivity index (χ4n) is 4.95. The van der Waals surface area contributed by atoms with Gasteiger partial charge in [-0.2, -0.15) is 0 Å². The van der Waals surface area contributed by atoms with Crippen molar-refractivity contribution in [3.8, 4) is 5.75 Å². The SMILES string of the molecule is C=CC=CCC(CCCCCCCCC)c1cccc(C2NC(=O)N=C(C)C2C(=O)OC)c1OCC. The number of urea groups is 1. The lowest BCUT2D eigenvalue weighted by atomic mass is 9.83. The number of allylic oxidation sites excluding steroid dienone is 3. The molecule has 0 saturated heterocycles. The van der Waals surface area contributed by atoms with Crippen molar-refractivity contribution in [1.82, 2.24) is 5.32 Å². The van der Waals surface area contributed by atoms with Crippen LogP contribution in [0.15, 0.2) is 48.0 Å². The van der Waals surface area contributed by atoms with Crippen LogP contribution in [0.5, 0.6) is 5.75 Å². The minimum atomic E-state index is -0.704. The highest BCUT2D eigenvalue weighted by molar-refractivity contribution is 6.08. The average molecular weight is 497 g/mol. The predicted octanol–water partition coefficient (Wildman–Crippen LogP) is 7.46. The van der Waals surface area contributed by atoms with E-state index in [0.717, 1.165) is 36.1 Å². The molecular weight excluding hydrogens is 452 g/mol. The molecule has 0 aromatic heterocycles. The third kappa shape index (κ3) is 8.35. The van der Waals surface area contributed by atoms with E-state index in [-0.39, 0.29) is 5.92 Å². The fourth-order valence-corrected chi connectivity index (χ4v) is 4.95. The highest BCUT2D eigenvalue weighted by Gasteiger charge is 2.39. The maximum absolute atomic E-state index is 12.7. The fraction of sp³-hybridized carbons (Fsp3) is 0.567. The van der Waals surface area contributed by atoms with E-state index in [0.29, 0.717) is 12.3 Å². The normalized spacial score (nSPS) is 18.4. The Morgan fingerprint density at radius 2 is 1.89 bits per heavy atom. The second-order valence-corrected chi connectivity index (χ2v) is 9.39. The third-order valence-electron chi connectivity index (χ3n) is 6.78. The number of hydrogen-bond acceptors (Lipinski definition) is 4. The number of nitrogens with one attached hydrogen (secondary N) is 1. The van der Waals surface area contributed by atoms with Crippen LogP contribution < -0.4 is 10.1 Å². The molecular formula is C30H44N2O4. The smallest absolute Gasteiger partial charge is 0.341 e. The minimum Gasteiger partial charge on any atom is -0.493 e. The summed E-state index contributed by atoms with van der Waals surface area (Å²) >= 11 is 0. The lowest BCUT2D eigenvalue weighted by Crippen LogP contribution is -2.44. The van der Waals surface area contributed by atoms with Gasteiger partial charge >= 0.3 is 12.0 Å². The molecule has 36 heavy (non-hydrogen) atoms. The van der Waals surface area contributed by atoms with Crippen LogP contribution in [0.1, 0.15) is 102 Å². The van der Waals surface area contributed by atoms with Gasteiger partial charge in [0.05, 0.1) is 19.8 Å². The number of rotatable bonds is 16. The summed E-state index contributed by atoms with van der Waals surface area (Å²) in [6.07, 6.45) is 16.6. The Kier molecular flexibility index (Phi) is 13.0. The molecule has 6 nitrogen and oxygen atoms in total. The van der Waals surface area contributed by atoms with E-state index in [1.54, 1.807) is 13.0 Å². The van der Waals surface area contributed by atoms with E-state index in [1.165, 1.54) is 45.6 Å². The number of aliphatic imine (C=N–C) groups is 1. The van der Waals surface area contributed by atoms with E-state index in [2.05, 4.69) is 36.0 Å². The molecule has 1 aliphatic rings. The van der Waals surface area contributed by atoms with Gasteiger partial charge in [0.25, 0.3) is 0 Å². The molecule has 3 unspecified atom stereocenters. The van der Waals surface area contributed by atoms with Gasteiger partial charge in [0, 0.05) is 11.3 Å². The number of esters is 1. The first-order chi connectivity index (χ1) is 17.5. The van der Waals surface area contributed by atoms with E-state index in [4.69, 9.17) is 9.47 Å². The number of carbonyl (C=O) groups is 2. The second-order valence-electron chi connectivity index (χ2n) is 9.39. The van der Waals surface area contributed by atoms with Gasteiger partial charge in [-0.25, -0.2) is 9.79 Å². The molecule has 0 aliphatic carbocycles. The molecule has 0 fully saturated rings. The Hall–Kier alpha value is -2.89. The van der Waals surface area contributed by atoms with E-state index in [1.807, 2.05) is 25.1 Å². The van der Waals surface area contributed by atoms with Crippen molar-refractivity contribution in [1.29, 1.82) is 0 Å². The molecule has 1 aromatic rings. The Morgan fingerprint density at radius 1 is 1.17 bits per heavy atom. The first-order valence-electron chi connectivity index (χ1n) is 13.4. The van der Waals surface area contributed by atoms with Crippen LogP contribution in [0.3, 0.4) is 0 Å². The summed E-state index contributed by atoms with van der Waals surface area (Å²) in [7, 11) is 1.35. The zero-order valence-electron chi connectivity index (χ0n) is 22.6. The predicted molar refractivity (Wildman–Crippen MR) is 147 cm³/mol. The molecule has 0 bridgehead atoms. The standard InChI is InChI=1S/C30H44N2O4/c1-6-9-11-12-13-14-16-19-23(18-15-10-7-2)24-20-17-21-25(28(24)36-8-3)27-26(29(33)35-5)22(4)31-30(34)32-27/h7,10,15,17,20-21,23,26-27H,2,6,8-9,11-14,16,18-19H2,1,3-5H3,(H,32,34). The summed E-state index contributed by atoms with van der Waals surface area (Å²) in [6, 6.07) is 4.97. The molecule has 2 rings (SSSR count). The molecule has 0 spiro atoms. The average Bonchev–Trinajstić information content (AvgIpc) is 2.86. The van der Waals surface area contributed by atoms with Gasteiger partial charge in [0.1, 0.15) is 11.7 Å². The second kappa shape index (κ2) is 16.0. The quantitative estimate of drug-likeness (QED) is 0.146. The van der Waals surface area contributed by atoms with E-state index < -0.39 is 24.0 Å². The van der Waals surface area contributed by atoms with Crippen LogP contribution in [-0.4, -0.2) is 31.4 Å². The van der Waals surface area contributed by atoms with Gasteiger partial charge in [-0.1, -0.05) is 94.9 Å². The van der Waals surface area contributed by atoms with Crippen LogP contribution in [0, 0.1) is 5.92 Å². The third-order valence-corrected chi connectivity index (χ3v) is 6.78. The van der Waals surface area contributed by atoms with Crippen LogP contribution in [0.25, 0.3) is 0 Å². The molecule has 198 valence electrons. The number of ether oxygens (including phenoxy) is 2. The zero-order valence-corrected chi connectivity index (χ0v) is 22.6. The molecule has 3 atom stereocenters. The molecule has 0 radical (unpaired) electrons. The lowest BCUT2D eigenvalue weighted by molar-refractivity contribution is -0.143. The van der Waals surface area contributed by atoms with Gasteiger partial charge in [0.15, 0.2) is 0 Å². The number of benzene rings is 1. The highest BCUT2D eigenvalue weighted by Crippen LogP contribution is 2.41. The zero-order chi connectivity index (χ0) is 26.3. The first-order valence-corrected chi connectivity index (χ1v) is 13.4. The van der Waals surface area contributed by atoms with Crippen LogP contribution >= 0.6 is 0 Å². The molecule has 0 saturated carbocycles. The molecule has 2 amide bonds. The van der Waals surface area contributed by atoms with Crippen molar-refractivity contribution in [2.24, 2.45) is 10.9 Å². The summed E-state index contributed by atoms with van der Waals surface area (Å²) < 4.78 is 11.3. The summed E-state index contributed by atoms with van der Waals surface area (Å²) in [5.41, 5.74) is 2.33. The van der Waals surface area contributed by atoms with Crippen molar-refractivity contribution in [2.75, 3.05) is 13.7 Å². The number of unbranched alkanes of at least 4 members (excludes halogenated alkanes) is 6. The number of carbonyl (C=O) groups excluding carboxylic acids is 2. The van der Waals surface area contributed by atoms with Crippen molar-refractivity contribution in [3.05, 3.63) is 54.1 Å². The van der Waals surface area contributed by atoms with Crippen molar-refractivity contribution in [3.63, 3.8) is 0 Å². The minimum absolute atomic E-state index is 0.254. The van der Waals surface area contributed by atoms with Gasteiger partial charge in [-0.3, -0.25) is 4.79 Å². The lowest BCUT2D eigenvalue weighted by Gasteiger charge is -2.32. The molecule has 1 N–H and O–H groups in total. The van der Waals surface area contributed by atoms with Gasteiger partial charge in [0.2, 0.25) is 0 Å². The largest absolute Gasteiger partial charge is 0.493 e. The first kappa shape index (κ1) is 29.3. The van der Waals surface area contributed by atoms with E-state index >= 15 is 0 Å². The van der Waals surface area contributed by atoms with Gasteiger partial charge < -0.3 is 14.8 Å². The van der Waals surface area contributed by atoms with Gasteiger partial charge in [-0.15, -0.1) is 0 Å². The molecule has 6 heteroatoms. The molecule has 1 heterocycles. The highest BCUT2D eigenvalue weighted by atomic mass is 16.5. The Morgan fingerprint density at radius 3 is 2.56 bits per heavy atom.